The zero-order valence-electron chi connectivity index (χ0n) is 10.7. The highest BCUT2D eigenvalue weighted by Crippen LogP contribution is 2.37. The molecule has 0 aliphatic rings. The van der Waals surface area contributed by atoms with Gasteiger partial charge in [0, 0.05) is 5.54 Å². The molecule has 16 heavy (non-hydrogen) atoms. The van der Waals surface area contributed by atoms with Crippen LogP contribution in [0.2, 0.25) is 0 Å². The number of nitrogens with two attached hydrogens (primary N) is 1. The van der Waals surface area contributed by atoms with Gasteiger partial charge in [-0.15, -0.1) is 0 Å². The molecule has 0 aliphatic heterocycles. The van der Waals surface area contributed by atoms with Crippen LogP contribution in [0, 0.1) is 22.9 Å². The van der Waals surface area contributed by atoms with Gasteiger partial charge in [0.05, 0.1) is 5.54 Å². The third-order valence-corrected chi connectivity index (χ3v) is 3.99. The van der Waals surface area contributed by atoms with E-state index in [2.05, 4.69) is 0 Å². The van der Waals surface area contributed by atoms with E-state index in [1.54, 1.807) is 0 Å². The Kier molecular flexibility index (Phi) is 5.27. The molecule has 0 spiro atoms. The normalized spacial score (nSPS) is 11.7. The summed E-state index contributed by atoms with van der Waals surface area (Å²) in [6, 6.07) is 0. The molecule has 0 heterocycles. The molecule has 0 fully saturated rings. The Morgan fingerprint density at radius 2 is 1.31 bits per heavy atom. The van der Waals surface area contributed by atoms with Crippen molar-refractivity contribution in [2.45, 2.75) is 64.5 Å². The first kappa shape index (κ1) is 14.7. The summed E-state index contributed by atoms with van der Waals surface area (Å²) in [6.07, 6.45) is 6.83. The Hall–Kier alpha value is -1.26. The molecule has 0 aromatic heterocycles. The van der Waals surface area contributed by atoms with Gasteiger partial charge >= 0.3 is 0 Å². The molecular formula is C12H22N4. The lowest BCUT2D eigenvalue weighted by Crippen LogP contribution is -2.65. The summed E-state index contributed by atoms with van der Waals surface area (Å²) >= 11 is 0. The van der Waals surface area contributed by atoms with Gasteiger partial charge in [0.25, 0.3) is 0 Å². The van der Waals surface area contributed by atoms with E-state index in [0.717, 1.165) is 12.8 Å². The minimum atomic E-state index is -0.556. The molecule has 90 valence electrons. The van der Waals surface area contributed by atoms with Crippen LogP contribution in [-0.4, -0.2) is 16.0 Å². The summed E-state index contributed by atoms with van der Waals surface area (Å²) in [4.78, 5) is 1.18. The molecule has 0 aromatic carbocycles. The second kappa shape index (κ2) is 5.72. The average Bonchev–Trinajstić information content (AvgIpc) is 2.35. The van der Waals surface area contributed by atoms with Gasteiger partial charge < -0.3 is 5.73 Å². The average molecular weight is 222 g/mol. The molecule has 0 saturated carbocycles. The standard InChI is InChI=1S/C12H22N4/c1-5-11(15,6-2)12(7-3,8-4)16(9-13)10-14/h5-8,15H2,1-4H3. The summed E-state index contributed by atoms with van der Waals surface area (Å²) in [7, 11) is 0. The van der Waals surface area contributed by atoms with Crippen LogP contribution in [0.4, 0.5) is 0 Å². The fourth-order valence-electron chi connectivity index (χ4n) is 2.61. The van der Waals surface area contributed by atoms with E-state index in [-0.39, 0.29) is 0 Å². The highest BCUT2D eigenvalue weighted by Gasteiger charge is 2.48. The highest BCUT2D eigenvalue weighted by atomic mass is 15.2. The largest absolute Gasteiger partial charge is 0.323 e. The van der Waals surface area contributed by atoms with Crippen LogP contribution in [0.15, 0.2) is 0 Å². The fraction of sp³-hybridized carbons (Fsp3) is 0.833. The second-order valence-corrected chi connectivity index (χ2v) is 4.14. The molecule has 0 saturated heterocycles. The molecule has 0 unspecified atom stereocenters. The number of hydrogen-bond donors (Lipinski definition) is 1. The van der Waals surface area contributed by atoms with Gasteiger partial charge in [-0.1, -0.05) is 27.7 Å². The molecule has 4 nitrogen and oxygen atoms in total. The molecule has 0 bridgehead atoms. The monoisotopic (exact) mass is 222 g/mol. The Bertz CT molecular complexity index is 275. The van der Waals surface area contributed by atoms with Crippen LogP contribution in [0.1, 0.15) is 53.4 Å². The van der Waals surface area contributed by atoms with Gasteiger partial charge in [0.15, 0.2) is 12.4 Å². The van der Waals surface area contributed by atoms with Crippen molar-refractivity contribution in [3.05, 3.63) is 0 Å². The number of nitrogens with zero attached hydrogens (tertiary/aromatic N) is 3. The zero-order chi connectivity index (χ0) is 12.8. The quantitative estimate of drug-likeness (QED) is 0.552. The lowest BCUT2D eigenvalue weighted by atomic mass is 9.69. The van der Waals surface area contributed by atoms with Crippen LogP contribution < -0.4 is 5.73 Å². The molecule has 0 radical (unpaired) electrons. The molecule has 0 amide bonds. The van der Waals surface area contributed by atoms with E-state index in [1.165, 1.54) is 4.90 Å². The minimum absolute atomic E-state index is 0.498. The first-order valence-corrected chi connectivity index (χ1v) is 5.90. The molecule has 0 aliphatic carbocycles. The summed E-state index contributed by atoms with van der Waals surface area (Å²) in [5.41, 5.74) is 5.35. The molecule has 2 N–H and O–H groups in total. The Balaban J connectivity index is 5.60. The lowest BCUT2D eigenvalue weighted by molar-refractivity contribution is 0.0789. The zero-order valence-corrected chi connectivity index (χ0v) is 10.7. The molecule has 0 atom stereocenters. The van der Waals surface area contributed by atoms with Crippen molar-refractivity contribution in [2.75, 3.05) is 0 Å². The number of rotatable bonds is 6. The number of nitriles is 2. The molecule has 4 heteroatoms. The van der Waals surface area contributed by atoms with Crippen molar-refractivity contribution in [3.8, 4) is 12.4 Å². The van der Waals surface area contributed by atoms with Crippen LogP contribution in [0.25, 0.3) is 0 Å². The Morgan fingerprint density at radius 1 is 0.938 bits per heavy atom. The van der Waals surface area contributed by atoms with Crippen molar-refractivity contribution < 1.29 is 0 Å². The summed E-state index contributed by atoms with van der Waals surface area (Å²) in [5, 5.41) is 18.2. The van der Waals surface area contributed by atoms with Gasteiger partial charge in [0.1, 0.15) is 0 Å². The first-order valence-electron chi connectivity index (χ1n) is 5.90. The van der Waals surface area contributed by atoms with E-state index in [9.17, 15) is 0 Å². The third-order valence-electron chi connectivity index (χ3n) is 3.99. The van der Waals surface area contributed by atoms with E-state index in [0.29, 0.717) is 12.8 Å². The maximum atomic E-state index is 9.08. The molecule has 0 aromatic rings. The van der Waals surface area contributed by atoms with Gasteiger partial charge in [-0.3, -0.25) is 0 Å². The van der Waals surface area contributed by atoms with E-state index < -0.39 is 11.1 Å². The van der Waals surface area contributed by atoms with E-state index >= 15 is 0 Å². The summed E-state index contributed by atoms with van der Waals surface area (Å²) in [5.74, 6) is 0. The maximum absolute atomic E-state index is 9.08. The van der Waals surface area contributed by atoms with Crippen LogP contribution >= 0.6 is 0 Å². The van der Waals surface area contributed by atoms with Crippen molar-refractivity contribution in [1.29, 1.82) is 10.5 Å². The van der Waals surface area contributed by atoms with E-state index in [1.807, 2.05) is 40.1 Å². The highest BCUT2D eigenvalue weighted by molar-refractivity contribution is 5.14. The topological polar surface area (TPSA) is 76.8 Å². The van der Waals surface area contributed by atoms with Gasteiger partial charge in [-0.05, 0) is 25.7 Å². The van der Waals surface area contributed by atoms with Crippen molar-refractivity contribution in [1.82, 2.24) is 4.90 Å². The van der Waals surface area contributed by atoms with Gasteiger partial charge in [-0.2, -0.15) is 10.5 Å². The van der Waals surface area contributed by atoms with Crippen molar-refractivity contribution in [2.24, 2.45) is 5.73 Å². The summed E-state index contributed by atoms with van der Waals surface area (Å²) < 4.78 is 0. The van der Waals surface area contributed by atoms with Crippen molar-refractivity contribution >= 4 is 0 Å². The SMILES string of the molecule is CCC(N)(CC)C(CC)(CC)N(C#N)C#N. The molecule has 0 rings (SSSR count). The van der Waals surface area contributed by atoms with Gasteiger partial charge in [0.2, 0.25) is 0 Å². The number of hydrogen-bond acceptors (Lipinski definition) is 4. The third kappa shape index (κ3) is 1.99. The Labute approximate surface area is 98.6 Å². The fourth-order valence-corrected chi connectivity index (χ4v) is 2.61. The van der Waals surface area contributed by atoms with E-state index in [4.69, 9.17) is 16.3 Å². The van der Waals surface area contributed by atoms with Crippen molar-refractivity contribution in [3.63, 3.8) is 0 Å². The second-order valence-electron chi connectivity index (χ2n) is 4.14. The minimum Gasteiger partial charge on any atom is -0.323 e. The Morgan fingerprint density at radius 3 is 1.50 bits per heavy atom. The predicted molar refractivity (Wildman–Crippen MR) is 63.9 cm³/mol. The lowest BCUT2D eigenvalue weighted by Gasteiger charge is -2.49. The summed E-state index contributed by atoms with van der Waals surface area (Å²) in [6.45, 7) is 7.99. The van der Waals surface area contributed by atoms with Crippen LogP contribution in [0.3, 0.4) is 0 Å². The van der Waals surface area contributed by atoms with Gasteiger partial charge in [-0.25, -0.2) is 4.90 Å². The molecular weight excluding hydrogens is 200 g/mol. The first-order chi connectivity index (χ1) is 7.51. The van der Waals surface area contributed by atoms with Crippen LogP contribution in [0.5, 0.6) is 0 Å². The van der Waals surface area contributed by atoms with Crippen LogP contribution in [-0.2, 0) is 0 Å². The predicted octanol–water partition coefficient (Wildman–Crippen LogP) is 2.33. The maximum Gasteiger partial charge on any atom is 0.194 e. The smallest absolute Gasteiger partial charge is 0.194 e.